The predicted octanol–water partition coefficient (Wildman–Crippen LogP) is -0.158. The van der Waals surface area contributed by atoms with Crippen LogP contribution < -0.4 is 16.4 Å². The highest BCUT2D eigenvalue weighted by atomic mass is 16.5. The number of amides is 1. The summed E-state index contributed by atoms with van der Waals surface area (Å²) in [6, 6.07) is 0. The fraction of sp³-hybridized carbons (Fsp3) is 0.818. The molecule has 100 valence electrons. The van der Waals surface area contributed by atoms with Crippen LogP contribution in [0.3, 0.4) is 0 Å². The molecule has 1 amide bonds. The molecule has 4 N–H and O–H groups in total. The van der Waals surface area contributed by atoms with E-state index in [0.29, 0.717) is 32.1 Å². The molecule has 0 unspecified atom stereocenters. The summed E-state index contributed by atoms with van der Waals surface area (Å²) >= 11 is 0. The molecule has 0 aromatic carbocycles. The van der Waals surface area contributed by atoms with Crippen LogP contribution in [0.25, 0.3) is 0 Å². The Bertz CT molecular complexity index is 259. The number of methoxy groups -OCH3 is 1. The Morgan fingerprint density at radius 2 is 2.06 bits per heavy atom. The molecule has 6 heteroatoms. The summed E-state index contributed by atoms with van der Waals surface area (Å²) in [6.07, 6.45) is 0.330. The maximum Gasteiger partial charge on any atom is 0.221 e. The lowest BCUT2D eigenvalue weighted by Gasteiger charge is -2.20. The van der Waals surface area contributed by atoms with Gasteiger partial charge in [0.2, 0.25) is 5.91 Å². The largest absolute Gasteiger partial charge is 0.383 e. The van der Waals surface area contributed by atoms with Crippen LogP contribution in [0.1, 0.15) is 27.2 Å². The zero-order chi connectivity index (χ0) is 13.3. The van der Waals surface area contributed by atoms with Gasteiger partial charge in [-0.1, -0.05) is 0 Å². The zero-order valence-electron chi connectivity index (χ0n) is 11.2. The molecule has 6 nitrogen and oxygen atoms in total. The average Bonchev–Trinajstić information content (AvgIpc) is 2.15. The van der Waals surface area contributed by atoms with Gasteiger partial charge < -0.3 is 21.1 Å². The summed E-state index contributed by atoms with van der Waals surface area (Å²) in [5, 5.41) is 5.73. The lowest BCUT2D eigenvalue weighted by molar-refractivity contribution is -0.121. The smallest absolute Gasteiger partial charge is 0.221 e. The van der Waals surface area contributed by atoms with E-state index in [4.69, 9.17) is 10.5 Å². The summed E-state index contributed by atoms with van der Waals surface area (Å²) in [5.74, 6) is 0.316. The van der Waals surface area contributed by atoms with E-state index in [0.717, 1.165) is 0 Å². The first-order chi connectivity index (χ1) is 7.85. The van der Waals surface area contributed by atoms with Crippen molar-refractivity contribution < 1.29 is 9.53 Å². The number of guanidine groups is 1. The highest BCUT2D eigenvalue weighted by molar-refractivity contribution is 5.79. The second-order valence-electron chi connectivity index (χ2n) is 4.73. The fourth-order valence-corrected chi connectivity index (χ4v) is 1.08. The van der Waals surface area contributed by atoms with Crippen LogP contribution in [0.4, 0.5) is 0 Å². The molecule has 0 heterocycles. The summed E-state index contributed by atoms with van der Waals surface area (Å²) in [7, 11) is 1.59. The van der Waals surface area contributed by atoms with Gasteiger partial charge in [0.15, 0.2) is 5.96 Å². The van der Waals surface area contributed by atoms with E-state index >= 15 is 0 Å². The standard InChI is InChI=1S/C11H24N4O2/c1-11(2,3)15-10(12)14-6-5-9(16)13-7-8-17-4/h5-8H2,1-4H3,(H,13,16)(H3,12,14,15). The van der Waals surface area contributed by atoms with Crippen molar-refractivity contribution in [2.24, 2.45) is 10.7 Å². The third-order valence-electron chi connectivity index (χ3n) is 1.75. The molecule has 0 atom stereocenters. The van der Waals surface area contributed by atoms with Gasteiger partial charge in [-0.25, -0.2) is 0 Å². The van der Waals surface area contributed by atoms with Gasteiger partial charge in [-0.3, -0.25) is 9.79 Å². The first-order valence-corrected chi connectivity index (χ1v) is 5.69. The zero-order valence-corrected chi connectivity index (χ0v) is 11.2. The molecule has 0 spiro atoms. The third kappa shape index (κ3) is 11.0. The molecule has 0 saturated heterocycles. The molecule has 0 aliphatic heterocycles. The van der Waals surface area contributed by atoms with Crippen molar-refractivity contribution in [3.63, 3.8) is 0 Å². The van der Waals surface area contributed by atoms with E-state index in [9.17, 15) is 4.79 Å². The number of hydrogen-bond donors (Lipinski definition) is 3. The Hall–Kier alpha value is -1.30. The first-order valence-electron chi connectivity index (χ1n) is 5.69. The Kier molecular flexibility index (Phi) is 7.29. The minimum absolute atomic E-state index is 0.0469. The second kappa shape index (κ2) is 7.89. The van der Waals surface area contributed by atoms with Crippen molar-refractivity contribution in [3.05, 3.63) is 0 Å². The minimum Gasteiger partial charge on any atom is -0.383 e. The number of nitrogens with zero attached hydrogens (tertiary/aromatic N) is 1. The summed E-state index contributed by atoms with van der Waals surface area (Å²) in [6.45, 7) is 7.40. The number of nitrogens with one attached hydrogen (secondary N) is 2. The SMILES string of the molecule is COCCNC(=O)CCN=C(N)NC(C)(C)C. The minimum atomic E-state index is -0.117. The normalized spacial score (nSPS) is 12.4. The molecular formula is C11H24N4O2. The van der Waals surface area contributed by atoms with E-state index in [-0.39, 0.29) is 11.4 Å². The Morgan fingerprint density at radius 1 is 1.41 bits per heavy atom. The van der Waals surface area contributed by atoms with E-state index in [2.05, 4.69) is 15.6 Å². The highest BCUT2D eigenvalue weighted by Crippen LogP contribution is 1.96. The predicted molar refractivity (Wildman–Crippen MR) is 68.9 cm³/mol. The number of nitrogens with two attached hydrogens (primary N) is 1. The van der Waals surface area contributed by atoms with Crippen LogP contribution in [0.5, 0.6) is 0 Å². The monoisotopic (exact) mass is 244 g/mol. The number of ether oxygens (including phenoxy) is 1. The van der Waals surface area contributed by atoms with Crippen LogP contribution in [-0.2, 0) is 9.53 Å². The average molecular weight is 244 g/mol. The second-order valence-corrected chi connectivity index (χ2v) is 4.73. The van der Waals surface area contributed by atoms with Crippen LogP contribution >= 0.6 is 0 Å². The molecule has 0 fully saturated rings. The van der Waals surface area contributed by atoms with Crippen molar-refractivity contribution in [2.45, 2.75) is 32.7 Å². The summed E-state index contributed by atoms with van der Waals surface area (Å²) < 4.78 is 4.82. The molecule has 17 heavy (non-hydrogen) atoms. The van der Waals surface area contributed by atoms with Gasteiger partial charge in [0, 0.05) is 25.6 Å². The molecule has 0 aliphatic rings. The van der Waals surface area contributed by atoms with Crippen LogP contribution in [-0.4, -0.2) is 44.2 Å². The van der Waals surface area contributed by atoms with Crippen molar-refractivity contribution in [3.8, 4) is 0 Å². The number of hydrogen-bond acceptors (Lipinski definition) is 3. The van der Waals surface area contributed by atoms with Crippen molar-refractivity contribution in [1.29, 1.82) is 0 Å². The Morgan fingerprint density at radius 3 is 2.59 bits per heavy atom. The fourth-order valence-electron chi connectivity index (χ4n) is 1.08. The molecule has 0 bridgehead atoms. The van der Waals surface area contributed by atoms with Gasteiger partial charge in [0.05, 0.1) is 13.2 Å². The molecule has 0 aliphatic carbocycles. The van der Waals surface area contributed by atoms with Crippen molar-refractivity contribution in [2.75, 3.05) is 26.8 Å². The molecule has 0 aromatic heterocycles. The highest BCUT2D eigenvalue weighted by Gasteiger charge is 2.09. The van der Waals surface area contributed by atoms with Crippen molar-refractivity contribution >= 4 is 11.9 Å². The van der Waals surface area contributed by atoms with E-state index in [1.54, 1.807) is 7.11 Å². The van der Waals surface area contributed by atoms with Crippen LogP contribution in [0.15, 0.2) is 4.99 Å². The van der Waals surface area contributed by atoms with Gasteiger partial charge in [-0.2, -0.15) is 0 Å². The number of rotatable bonds is 6. The maximum absolute atomic E-state index is 11.3. The maximum atomic E-state index is 11.3. The molecule has 0 radical (unpaired) electrons. The molecular weight excluding hydrogens is 220 g/mol. The molecule has 0 rings (SSSR count). The van der Waals surface area contributed by atoms with Gasteiger partial charge >= 0.3 is 0 Å². The molecule has 0 saturated carbocycles. The summed E-state index contributed by atoms with van der Waals surface area (Å²) in [5.41, 5.74) is 5.54. The van der Waals surface area contributed by atoms with E-state index in [1.165, 1.54) is 0 Å². The van der Waals surface area contributed by atoms with E-state index < -0.39 is 0 Å². The lowest BCUT2D eigenvalue weighted by Crippen LogP contribution is -2.45. The van der Waals surface area contributed by atoms with Gasteiger partial charge in [0.25, 0.3) is 0 Å². The van der Waals surface area contributed by atoms with Crippen LogP contribution in [0.2, 0.25) is 0 Å². The van der Waals surface area contributed by atoms with Crippen LogP contribution in [0, 0.1) is 0 Å². The lowest BCUT2D eigenvalue weighted by atomic mass is 10.1. The van der Waals surface area contributed by atoms with Gasteiger partial charge in [-0.15, -0.1) is 0 Å². The topological polar surface area (TPSA) is 88.7 Å². The Labute approximate surface area is 103 Å². The van der Waals surface area contributed by atoms with Gasteiger partial charge in [0.1, 0.15) is 0 Å². The first kappa shape index (κ1) is 15.7. The number of carbonyl (C=O) groups is 1. The summed E-state index contributed by atoms with van der Waals surface area (Å²) in [4.78, 5) is 15.4. The molecule has 0 aromatic rings. The number of carbonyl (C=O) groups excluding carboxylic acids is 1. The Balaban J connectivity index is 3.74. The quantitative estimate of drug-likeness (QED) is 0.344. The van der Waals surface area contributed by atoms with Crippen molar-refractivity contribution in [1.82, 2.24) is 10.6 Å². The van der Waals surface area contributed by atoms with E-state index in [1.807, 2.05) is 20.8 Å². The third-order valence-corrected chi connectivity index (χ3v) is 1.75. The number of aliphatic imine (C=N–C) groups is 1. The van der Waals surface area contributed by atoms with Gasteiger partial charge in [-0.05, 0) is 20.8 Å².